The summed E-state index contributed by atoms with van der Waals surface area (Å²) in [5.74, 6) is -0.495. The molecular formula is C14H20F2N2O2. The summed E-state index contributed by atoms with van der Waals surface area (Å²) in [6.45, 7) is 3.45. The normalized spacial score (nSPS) is 10.7. The van der Waals surface area contributed by atoms with Crippen molar-refractivity contribution in [3.8, 4) is 0 Å². The summed E-state index contributed by atoms with van der Waals surface area (Å²) >= 11 is 0. The first kappa shape index (κ1) is 16.4. The van der Waals surface area contributed by atoms with Crippen LogP contribution in [0.5, 0.6) is 0 Å². The molecule has 1 amide bonds. The van der Waals surface area contributed by atoms with E-state index in [9.17, 15) is 13.6 Å². The summed E-state index contributed by atoms with van der Waals surface area (Å²) < 4.78 is 24.9. The van der Waals surface area contributed by atoms with E-state index in [1.165, 1.54) is 0 Å². The second-order valence-electron chi connectivity index (χ2n) is 4.43. The SMILES string of the molecule is CCNc1ccc(C(=O)N(CCO)CC(F)F)cc1C. The predicted octanol–water partition coefficient (Wildman–Crippen LogP) is 2.13. The third-order valence-corrected chi connectivity index (χ3v) is 2.86. The minimum Gasteiger partial charge on any atom is -0.395 e. The standard InChI is InChI=1S/C14H20F2N2O2/c1-3-17-12-5-4-11(8-10(12)2)14(20)18(6-7-19)9-13(15)16/h4-5,8,13,17,19H,3,6-7,9H2,1-2H3. The molecule has 0 atom stereocenters. The maximum absolute atomic E-state index is 12.4. The molecular weight excluding hydrogens is 266 g/mol. The number of carbonyl (C=O) groups excluding carboxylic acids is 1. The van der Waals surface area contributed by atoms with Gasteiger partial charge in [0.1, 0.15) is 0 Å². The van der Waals surface area contributed by atoms with E-state index in [2.05, 4.69) is 5.32 Å². The number of anilines is 1. The number of nitrogens with zero attached hydrogens (tertiary/aromatic N) is 1. The molecule has 0 spiro atoms. The molecule has 0 aliphatic heterocycles. The molecule has 4 nitrogen and oxygen atoms in total. The minimum absolute atomic E-state index is 0.100. The molecule has 6 heteroatoms. The summed E-state index contributed by atoms with van der Waals surface area (Å²) in [6.07, 6.45) is -2.62. The van der Waals surface area contributed by atoms with Gasteiger partial charge in [-0.2, -0.15) is 0 Å². The largest absolute Gasteiger partial charge is 0.395 e. The van der Waals surface area contributed by atoms with Crippen molar-refractivity contribution in [3.63, 3.8) is 0 Å². The molecule has 0 saturated carbocycles. The number of hydrogen-bond acceptors (Lipinski definition) is 3. The number of hydrogen-bond donors (Lipinski definition) is 2. The highest BCUT2D eigenvalue weighted by Crippen LogP contribution is 2.18. The van der Waals surface area contributed by atoms with Gasteiger partial charge in [-0.15, -0.1) is 0 Å². The number of nitrogens with one attached hydrogen (secondary N) is 1. The monoisotopic (exact) mass is 286 g/mol. The van der Waals surface area contributed by atoms with E-state index in [4.69, 9.17) is 5.11 Å². The van der Waals surface area contributed by atoms with Gasteiger partial charge in [-0.3, -0.25) is 4.79 Å². The fourth-order valence-electron chi connectivity index (χ4n) is 1.93. The maximum Gasteiger partial charge on any atom is 0.255 e. The van der Waals surface area contributed by atoms with Crippen LogP contribution >= 0.6 is 0 Å². The zero-order chi connectivity index (χ0) is 15.1. The van der Waals surface area contributed by atoms with Gasteiger partial charge >= 0.3 is 0 Å². The molecule has 0 saturated heterocycles. The lowest BCUT2D eigenvalue weighted by Crippen LogP contribution is -2.37. The lowest BCUT2D eigenvalue weighted by Gasteiger charge is -2.21. The number of amides is 1. The molecule has 0 radical (unpaired) electrons. The molecule has 0 unspecified atom stereocenters. The first-order valence-electron chi connectivity index (χ1n) is 6.52. The first-order valence-corrected chi connectivity index (χ1v) is 6.52. The van der Waals surface area contributed by atoms with Gasteiger partial charge in [0.2, 0.25) is 0 Å². The number of alkyl halides is 2. The summed E-state index contributed by atoms with van der Waals surface area (Å²) in [5, 5.41) is 12.0. The molecule has 1 rings (SSSR count). The molecule has 1 aromatic carbocycles. The number of aliphatic hydroxyl groups excluding tert-OH is 1. The summed E-state index contributed by atoms with van der Waals surface area (Å²) in [6, 6.07) is 5.02. The molecule has 0 aliphatic rings. The van der Waals surface area contributed by atoms with E-state index < -0.39 is 18.9 Å². The Balaban J connectivity index is 2.91. The van der Waals surface area contributed by atoms with E-state index in [0.717, 1.165) is 22.7 Å². The Hall–Kier alpha value is -1.69. The highest BCUT2D eigenvalue weighted by atomic mass is 19.3. The Bertz CT molecular complexity index is 453. The smallest absolute Gasteiger partial charge is 0.255 e. The second-order valence-corrected chi connectivity index (χ2v) is 4.43. The van der Waals surface area contributed by atoms with Crippen molar-refractivity contribution in [2.45, 2.75) is 20.3 Å². The second kappa shape index (κ2) is 7.79. The van der Waals surface area contributed by atoms with Crippen molar-refractivity contribution in [3.05, 3.63) is 29.3 Å². The Labute approximate surface area is 117 Å². The third-order valence-electron chi connectivity index (χ3n) is 2.86. The Kier molecular flexibility index (Phi) is 6.38. The van der Waals surface area contributed by atoms with Crippen LogP contribution in [-0.2, 0) is 0 Å². The lowest BCUT2D eigenvalue weighted by atomic mass is 10.1. The van der Waals surface area contributed by atoms with E-state index in [-0.39, 0.29) is 13.2 Å². The van der Waals surface area contributed by atoms with Gasteiger partial charge in [0.15, 0.2) is 0 Å². The van der Waals surface area contributed by atoms with Crippen LogP contribution in [0.2, 0.25) is 0 Å². The summed E-state index contributed by atoms with van der Waals surface area (Å²) in [7, 11) is 0. The highest BCUT2D eigenvalue weighted by Gasteiger charge is 2.19. The first-order chi connectivity index (χ1) is 9.49. The number of halogens is 2. The van der Waals surface area contributed by atoms with Gasteiger partial charge in [-0.05, 0) is 37.6 Å². The Morgan fingerprint density at radius 1 is 1.45 bits per heavy atom. The van der Waals surface area contributed by atoms with Crippen molar-refractivity contribution in [1.29, 1.82) is 0 Å². The van der Waals surface area contributed by atoms with Gasteiger partial charge in [0.25, 0.3) is 12.3 Å². The van der Waals surface area contributed by atoms with Crippen molar-refractivity contribution in [2.75, 3.05) is 31.6 Å². The number of aryl methyl sites for hydroxylation is 1. The molecule has 0 heterocycles. The summed E-state index contributed by atoms with van der Waals surface area (Å²) in [5.41, 5.74) is 2.13. The van der Waals surface area contributed by atoms with Crippen molar-refractivity contribution in [1.82, 2.24) is 4.90 Å². The van der Waals surface area contributed by atoms with E-state index in [0.29, 0.717) is 5.56 Å². The molecule has 0 fully saturated rings. The van der Waals surface area contributed by atoms with Crippen molar-refractivity contribution < 1.29 is 18.7 Å². The van der Waals surface area contributed by atoms with Crippen LogP contribution in [0.25, 0.3) is 0 Å². The zero-order valence-electron chi connectivity index (χ0n) is 11.7. The van der Waals surface area contributed by atoms with Crippen molar-refractivity contribution in [2.24, 2.45) is 0 Å². The molecule has 0 bridgehead atoms. The molecule has 20 heavy (non-hydrogen) atoms. The highest BCUT2D eigenvalue weighted by molar-refractivity contribution is 5.95. The average Bonchev–Trinajstić information content (AvgIpc) is 2.39. The molecule has 0 aliphatic carbocycles. The van der Waals surface area contributed by atoms with E-state index in [1.807, 2.05) is 13.8 Å². The van der Waals surface area contributed by atoms with Crippen LogP contribution in [0.1, 0.15) is 22.8 Å². The number of benzene rings is 1. The lowest BCUT2D eigenvalue weighted by molar-refractivity contribution is 0.0509. The van der Waals surface area contributed by atoms with E-state index in [1.54, 1.807) is 18.2 Å². The van der Waals surface area contributed by atoms with Gasteiger partial charge in [0, 0.05) is 24.3 Å². The Morgan fingerprint density at radius 2 is 2.15 bits per heavy atom. The van der Waals surface area contributed by atoms with Crippen LogP contribution in [0.3, 0.4) is 0 Å². The van der Waals surface area contributed by atoms with Gasteiger partial charge < -0.3 is 15.3 Å². The molecule has 112 valence electrons. The molecule has 2 N–H and O–H groups in total. The molecule has 1 aromatic rings. The minimum atomic E-state index is -2.62. The van der Waals surface area contributed by atoms with Gasteiger partial charge in [0.05, 0.1) is 13.2 Å². The fraction of sp³-hybridized carbons (Fsp3) is 0.500. The third kappa shape index (κ3) is 4.45. The topological polar surface area (TPSA) is 52.6 Å². The van der Waals surface area contributed by atoms with Crippen LogP contribution < -0.4 is 5.32 Å². The number of rotatable bonds is 7. The number of aliphatic hydroxyl groups is 1. The van der Waals surface area contributed by atoms with Crippen LogP contribution in [-0.4, -0.2) is 48.6 Å². The van der Waals surface area contributed by atoms with Crippen LogP contribution in [0, 0.1) is 6.92 Å². The van der Waals surface area contributed by atoms with Crippen LogP contribution in [0.4, 0.5) is 14.5 Å². The van der Waals surface area contributed by atoms with Gasteiger partial charge in [-0.25, -0.2) is 8.78 Å². The van der Waals surface area contributed by atoms with Crippen molar-refractivity contribution >= 4 is 11.6 Å². The fourth-order valence-corrected chi connectivity index (χ4v) is 1.93. The van der Waals surface area contributed by atoms with E-state index >= 15 is 0 Å². The zero-order valence-corrected chi connectivity index (χ0v) is 11.7. The van der Waals surface area contributed by atoms with Gasteiger partial charge in [-0.1, -0.05) is 0 Å². The number of carbonyl (C=O) groups is 1. The average molecular weight is 286 g/mol. The maximum atomic E-state index is 12.4. The summed E-state index contributed by atoms with van der Waals surface area (Å²) in [4.78, 5) is 13.1. The Morgan fingerprint density at radius 3 is 2.65 bits per heavy atom. The molecule has 0 aromatic heterocycles. The predicted molar refractivity (Wildman–Crippen MR) is 74.3 cm³/mol. The quantitative estimate of drug-likeness (QED) is 0.807. The van der Waals surface area contributed by atoms with Crippen LogP contribution in [0.15, 0.2) is 18.2 Å².